The molecular weight excluding hydrogens is 232 g/mol. The Labute approximate surface area is 105 Å². The molecule has 0 unspecified atom stereocenters. The van der Waals surface area contributed by atoms with Crippen molar-refractivity contribution in [3.05, 3.63) is 35.9 Å². The molecule has 0 bridgehead atoms. The number of likely N-dealkylation sites (tertiary alicyclic amines) is 1. The van der Waals surface area contributed by atoms with Crippen LogP contribution in [0.15, 0.2) is 35.5 Å². The number of amides is 1. The highest BCUT2D eigenvalue weighted by Gasteiger charge is 2.35. The summed E-state index contributed by atoms with van der Waals surface area (Å²) in [6.07, 6.45) is -0.0618. The molecule has 1 saturated heterocycles. The van der Waals surface area contributed by atoms with Crippen LogP contribution in [-0.4, -0.2) is 40.8 Å². The normalized spacial score (nSPS) is 23.3. The lowest BCUT2D eigenvalue weighted by Gasteiger charge is -2.35. The van der Waals surface area contributed by atoms with Gasteiger partial charge in [0.15, 0.2) is 6.10 Å². The molecule has 1 atom stereocenters. The Morgan fingerprint density at radius 3 is 2.72 bits per heavy atom. The van der Waals surface area contributed by atoms with Crippen LogP contribution in [-0.2, 0) is 9.63 Å². The summed E-state index contributed by atoms with van der Waals surface area (Å²) < 4.78 is 0. The summed E-state index contributed by atoms with van der Waals surface area (Å²) in [7, 11) is 0. The third-order valence-electron chi connectivity index (χ3n) is 3.24. The van der Waals surface area contributed by atoms with E-state index in [9.17, 15) is 9.90 Å². The summed E-state index contributed by atoms with van der Waals surface area (Å²) in [4.78, 5) is 18.8. The van der Waals surface area contributed by atoms with Gasteiger partial charge in [-0.15, -0.1) is 0 Å². The number of oxime groups is 1. The van der Waals surface area contributed by atoms with Crippen molar-refractivity contribution in [3.8, 4) is 0 Å². The van der Waals surface area contributed by atoms with E-state index in [-0.39, 0.29) is 18.1 Å². The number of benzene rings is 1. The molecule has 1 amide bonds. The van der Waals surface area contributed by atoms with Crippen molar-refractivity contribution < 1.29 is 14.7 Å². The molecule has 3 rings (SSSR count). The van der Waals surface area contributed by atoms with Gasteiger partial charge in [-0.3, -0.25) is 4.79 Å². The minimum Gasteiger partial charge on any atom is -0.389 e. The molecule has 0 aliphatic carbocycles. The molecule has 1 aromatic rings. The van der Waals surface area contributed by atoms with Gasteiger partial charge in [0, 0.05) is 19.5 Å². The first-order valence-electron chi connectivity index (χ1n) is 5.99. The first-order valence-corrected chi connectivity index (χ1v) is 5.99. The Hall–Kier alpha value is -1.88. The number of aliphatic hydroxyl groups is 1. The molecule has 18 heavy (non-hydrogen) atoms. The van der Waals surface area contributed by atoms with Gasteiger partial charge in [0.1, 0.15) is 5.71 Å². The van der Waals surface area contributed by atoms with Crippen molar-refractivity contribution in [3.63, 3.8) is 0 Å². The van der Waals surface area contributed by atoms with Gasteiger partial charge in [0.25, 0.3) is 5.91 Å². The molecular formula is C13H14N2O3. The fraction of sp³-hybridized carbons (Fsp3) is 0.385. The van der Waals surface area contributed by atoms with Gasteiger partial charge < -0.3 is 14.8 Å². The zero-order valence-electron chi connectivity index (χ0n) is 9.82. The van der Waals surface area contributed by atoms with Crippen molar-refractivity contribution in [1.82, 2.24) is 4.90 Å². The van der Waals surface area contributed by atoms with Gasteiger partial charge in [0.2, 0.25) is 0 Å². The lowest BCUT2D eigenvalue weighted by atomic mass is 10.0. The lowest BCUT2D eigenvalue weighted by Crippen LogP contribution is -2.55. The van der Waals surface area contributed by atoms with E-state index in [0.29, 0.717) is 25.2 Å². The van der Waals surface area contributed by atoms with E-state index in [2.05, 4.69) is 5.16 Å². The zero-order chi connectivity index (χ0) is 12.5. The average Bonchev–Trinajstić information content (AvgIpc) is 2.85. The number of aliphatic hydroxyl groups excluding tert-OH is 1. The third kappa shape index (κ3) is 1.97. The first kappa shape index (κ1) is 11.2. The van der Waals surface area contributed by atoms with Crippen molar-refractivity contribution in [2.45, 2.75) is 18.6 Å². The van der Waals surface area contributed by atoms with Gasteiger partial charge in [-0.2, -0.15) is 0 Å². The first-order chi connectivity index (χ1) is 8.74. The summed E-state index contributed by atoms with van der Waals surface area (Å²) >= 11 is 0. The van der Waals surface area contributed by atoms with E-state index >= 15 is 0 Å². The van der Waals surface area contributed by atoms with Crippen LogP contribution in [0.1, 0.15) is 18.1 Å². The average molecular weight is 246 g/mol. The highest BCUT2D eigenvalue weighted by Crippen LogP contribution is 2.28. The van der Waals surface area contributed by atoms with Gasteiger partial charge >= 0.3 is 0 Å². The molecule has 2 aliphatic heterocycles. The Bertz CT molecular complexity index is 480. The minimum atomic E-state index is -0.387. The molecule has 0 aromatic heterocycles. The molecule has 1 N–H and O–H groups in total. The van der Waals surface area contributed by atoms with E-state index in [1.807, 2.05) is 30.3 Å². The van der Waals surface area contributed by atoms with Crippen LogP contribution in [0.2, 0.25) is 0 Å². The minimum absolute atomic E-state index is 0.126. The van der Waals surface area contributed by atoms with Crippen LogP contribution in [0.25, 0.3) is 0 Å². The van der Waals surface area contributed by atoms with Gasteiger partial charge in [0.05, 0.1) is 6.10 Å². The lowest BCUT2D eigenvalue weighted by molar-refractivity contribution is -0.133. The summed E-state index contributed by atoms with van der Waals surface area (Å²) in [6.45, 7) is 0.793. The maximum atomic E-state index is 12.0. The second-order valence-corrected chi connectivity index (χ2v) is 4.61. The fourth-order valence-electron chi connectivity index (χ4n) is 2.15. The Balaban J connectivity index is 1.63. The molecule has 1 fully saturated rings. The van der Waals surface area contributed by atoms with Crippen LogP contribution < -0.4 is 0 Å². The van der Waals surface area contributed by atoms with E-state index < -0.39 is 0 Å². The van der Waals surface area contributed by atoms with Crippen LogP contribution >= 0.6 is 0 Å². The molecule has 2 aliphatic rings. The van der Waals surface area contributed by atoms with Crippen LogP contribution in [0.4, 0.5) is 0 Å². The van der Waals surface area contributed by atoms with Crippen molar-refractivity contribution in [1.29, 1.82) is 0 Å². The van der Waals surface area contributed by atoms with E-state index in [1.54, 1.807) is 4.90 Å². The number of carbonyl (C=O) groups is 1. The standard InChI is InChI=1S/C13H14N2O3/c16-10-7-15(8-10)13(17)11-6-12(18-14-11)9-4-2-1-3-5-9/h1-5,10,12,16H,6-8H2/t12-/m1/s1. The van der Waals surface area contributed by atoms with Gasteiger partial charge in [-0.1, -0.05) is 35.5 Å². The number of β-amino-alcohol motifs (C(OH)–C–C–N with tert-alkyl or cyclic N) is 1. The summed E-state index contributed by atoms with van der Waals surface area (Å²) in [5.41, 5.74) is 1.46. The maximum Gasteiger partial charge on any atom is 0.271 e. The van der Waals surface area contributed by atoms with E-state index in [4.69, 9.17) is 4.84 Å². The number of carbonyl (C=O) groups excluding carboxylic acids is 1. The monoisotopic (exact) mass is 246 g/mol. The Morgan fingerprint density at radius 2 is 2.06 bits per heavy atom. The summed E-state index contributed by atoms with van der Waals surface area (Å²) in [6, 6.07) is 9.73. The van der Waals surface area contributed by atoms with Crippen LogP contribution in [0, 0.1) is 0 Å². The molecule has 0 spiro atoms. The smallest absolute Gasteiger partial charge is 0.271 e. The molecule has 5 heteroatoms. The van der Waals surface area contributed by atoms with Crippen LogP contribution in [0.5, 0.6) is 0 Å². The third-order valence-corrected chi connectivity index (χ3v) is 3.24. The highest BCUT2D eigenvalue weighted by molar-refractivity contribution is 6.39. The molecule has 94 valence electrons. The number of nitrogens with zero attached hydrogens (tertiary/aromatic N) is 2. The summed E-state index contributed by atoms with van der Waals surface area (Å²) in [5.74, 6) is -0.126. The van der Waals surface area contributed by atoms with Crippen LogP contribution in [0.3, 0.4) is 0 Å². The van der Waals surface area contributed by atoms with Crippen molar-refractivity contribution >= 4 is 11.6 Å². The Morgan fingerprint density at radius 1 is 1.33 bits per heavy atom. The number of hydrogen-bond acceptors (Lipinski definition) is 4. The largest absolute Gasteiger partial charge is 0.389 e. The zero-order valence-corrected chi connectivity index (χ0v) is 9.82. The quantitative estimate of drug-likeness (QED) is 0.835. The predicted octanol–water partition coefficient (Wildman–Crippen LogP) is 0.707. The van der Waals surface area contributed by atoms with Crippen molar-refractivity contribution in [2.24, 2.45) is 5.16 Å². The molecule has 2 heterocycles. The van der Waals surface area contributed by atoms with E-state index in [1.165, 1.54) is 0 Å². The van der Waals surface area contributed by atoms with Crippen molar-refractivity contribution in [2.75, 3.05) is 13.1 Å². The highest BCUT2D eigenvalue weighted by atomic mass is 16.6. The Kier molecular flexibility index (Phi) is 2.76. The van der Waals surface area contributed by atoms with Gasteiger partial charge in [-0.25, -0.2) is 0 Å². The second kappa shape index (κ2) is 4.42. The molecule has 1 aromatic carbocycles. The van der Waals surface area contributed by atoms with E-state index in [0.717, 1.165) is 5.56 Å². The summed E-state index contributed by atoms with van der Waals surface area (Å²) in [5, 5.41) is 13.0. The molecule has 0 saturated carbocycles. The fourth-order valence-corrected chi connectivity index (χ4v) is 2.15. The van der Waals surface area contributed by atoms with Gasteiger partial charge in [-0.05, 0) is 5.56 Å². The maximum absolute atomic E-state index is 12.0. The second-order valence-electron chi connectivity index (χ2n) is 4.61. The number of hydrogen-bond donors (Lipinski definition) is 1. The molecule has 0 radical (unpaired) electrons. The topological polar surface area (TPSA) is 62.1 Å². The SMILES string of the molecule is O=C(C1=NO[C@@H](c2ccccc2)C1)N1CC(O)C1. The number of rotatable bonds is 2. The predicted molar refractivity (Wildman–Crippen MR) is 64.9 cm³/mol. The molecule has 5 nitrogen and oxygen atoms in total.